The second-order valence-electron chi connectivity index (χ2n) is 3.35. The van der Waals surface area contributed by atoms with Crippen molar-refractivity contribution in [2.24, 2.45) is 0 Å². The molecule has 1 aromatic rings. The van der Waals surface area contributed by atoms with Crippen molar-refractivity contribution in [1.82, 2.24) is 5.32 Å². The van der Waals surface area contributed by atoms with Crippen LogP contribution in [0.15, 0.2) is 30.3 Å². The van der Waals surface area contributed by atoms with E-state index in [0.717, 1.165) is 24.4 Å². The lowest BCUT2D eigenvalue weighted by Gasteiger charge is -2.03. The van der Waals surface area contributed by atoms with E-state index in [1.807, 2.05) is 18.2 Å². The van der Waals surface area contributed by atoms with Gasteiger partial charge in [-0.3, -0.25) is 0 Å². The maximum atomic E-state index is 5.25. The zero-order chi connectivity index (χ0) is 10.9. The molecule has 0 radical (unpaired) electrons. The van der Waals surface area contributed by atoms with Gasteiger partial charge in [0.05, 0.1) is 7.11 Å². The number of para-hydroxylation sites is 1. The number of hydrogen-bond donors (Lipinski definition) is 1. The molecule has 1 N–H and O–H groups in total. The molecule has 0 amide bonds. The topological polar surface area (TPSA) is 21.3 Å². The predicted molar refractivity (Wildman–Crippen MR) is 72.4 cm³/mol. The van der Waals surface area contributed by atoms with Crippen molar-refractivity contribution in [2.75, 3.05) is 20.2 Å². The number of nitrogens with one attached hydrogen (secondary N) is 1. The van der Waals surface area contributed by atoms with Crippen LogP contribution >= 0.6 is 12.4 Å². The molecule has 1 aromatic carbocycles. The van der Waals surface area contributed by atoms with E-state index in [1.54, 1.807) is 7.11 Å². The summed E-state index contributed by atoms with van der Waals surface area (Å²) in [6.07, 6.45) is 5.37. The molecule has 90 valence electrons. The highest BCUT2D eigenvalue weighted by molar-refractivity contribution is 5.85. The second kappa shape index (κ2) is 9.25. The van der Waals surface area contributed by atoms with Crippen LogP contribution in [0.5, 0.6) is 5.75 Å². The van der Waals surface area contributed by atoms with Crippen molar-refractivity contribution in [1.29, 1.82) is 0 Å². The fourth-order valence-electron chi connectivity index (χ4n) is 1.35. The normalized spacial score (nSPS) is 10.1. The molecular weight excluding hydrogens is 222 g/mol. The number of hydrogen-bond acceptors (Lipinski definition) is 2. The predicted octanol–water partition coefficient (Wildman–Crippen LogP) is 3.13. The van der Waals surface area contributed by atoms with Crippen molar-refractivity contribution in [2.45, 2.75) is 13.3 Å². The van der Waals surface area contributed by atoms with Gasteiger partial charge in [-0.1, -0.05) is 37.3 Å². The van der Waals surface area contributed by atoms with Gasteiger partial charge in [0.25, 0.3) is 0 Å². The summed E-state index contributed by atoms with van der Waals surface area (Å²) < 4.78 is 5.25. The van der Waals surface area contributed by atoms with Gasteiger partial charge in [0.15, 0.2) is 0 Å². The molecule has 16 heavy (non-hydrogen) atoms. The molecule has 0 aliphatic carbocycles. The fourth-order valence-corrected chi connectivity index (χ4v) is 1.35. The first-order valence-corrected chi connectivity index (χ1v) is 5.38. The van der Waals surface area contributed by atoms with E-state index in [-0.39, 0.29) is 12.4 Å². The van der Waals surface area contributed by atoms with Crippen LogP contribution in [0.4, 0.5) is 0 Å². The highest BCUT2D eigenvalue weighted by Crippen LogP contribution is 2.18. The van der Waals surface area contributed by atoms with Gasteiger partial charge in [0.2, 0.25) is 0 Å². The molecule has 0 saturated heterocycles. The molecule has 0 bridgehead atoms. The molecule has 0 fully saturated rings. The molecule has 0 atom stereocenters. The fraction of sp³-hybridized carbons (Fsp3) is 0.385. The van der Waals surface area contributed by atoms with Crippen molar-refractivity contribution in [3.8, 4) is 5.75 Å². The Balaban J connectivity index is 0.00000225. The number of halogens is 1. The summed E-state index contributed by atoms with van der Waals surface area (Å²) in [6.45, 7) is 4.14. The van der Waals surface area contributed by atoms with Crippen LogP contribution < -0.4 is 10.1 Å². The van der Waals surface area contributed by atoms with Crippen LogP contribution in [0.1, 0.15) is 18.9 Å². The Kier molecular flexibility index (Phi) is 8.68. The lowest BCUT2D eigenvalue weighted by molar-refractivity contribution is 0.414. The van der Waals surface area contributed by atoms with E-state index in [9.17, 15) is 0 Å². The number of benzene rings is 1. The molecule has 0 aliphatic rings. The van der Waals surface area contributed by atoms with Crippen molar-refractivity contribution >= 4 is 18.5 Å². The van der Waals surface area contributed by atoms with Gasteiger partial charge in [0, 0.05) is 12.1 Å². The standard InChI is InChI=1S/C13H19NO.ClH/c1-3-10-14-11-6-8-12-7-4-5-9-13(12)15-2;/h4-9,14H,3,10-11H2,1-2H3;1H. The third-order valence-electron chi connectivity index (χ3n) is 2.13. The molecular formula is C13H20ClNO. The number of ether oxygens (including phenoxy) is 1. The number of methoxy groups -OCH3 is 1. The highest BCUT2D eigenvalue weighted by atomic mass is 35.5. The lowest BCUT2D eigenvalue weighted by atomic mass is 10.2. The Hall–Kier alpha value is -0.990. The molecule has 0 heterocycles. The maximum Gasteiger partial charge on any atom is 0.126 e. The van der Waals surface area contributed by atoms with Crippen LogP contribution in [0, 0.1) is 0 Å². The maximum absolute atomic E-state index is 5.25. The van der Waals surface area contributed by atoms with E-state index in [0.29, 0.717) is 0 Å². The second-order valence-corrected chi connectivity index (χ2v) is 3.35. The van der Waals surface area contributed by atoms with Gasteiger partial charge in [-0.25, -0.2) is 0 Å². The summed E-state index contributed by atoms with van der Waals surface area (Å²) in [5, 5.41) is 3.32. The van der Waals surface area contributed by atoms with Crippen LogP contribution in [0.2, 0.25) is 0 Å². The van der Waals surface area contributed by atoms with Gasteiger partial charge < -0.3 is 10.1 Å². The number of rotatable bonds is 6. The zero-order valence-corrected chi connectivity index (χ0v) is 10.7. The summed E-state index contributed by atoms with van der Waals surface area (Å²) in [7, 11) is 1.70. The molecule has 2 nitrogen and oxygen atoms in total. The quantitative estimate of drug-likeness (QED) is 0.773. The van der Waals surface area contributed by atoms with E-state index in [4.69, 9.17) is 4.74 Å². The van der Waals surface area contributed by atoms with Crippen LogP contribution in [0.3, 0.4) is 0 Å². The van der Waals surface area contributed by atoms with E-state index in [2.05, 4.69) is 30.5 Å². The third kappa shape index (κ3) is 5.19. The van der Waals surface area contributed by atoms with Crippen LogP contribution in [-0.4, -0.2) is 20.2 Å². The van der Waals surface area contributed by atoms with Crippen LogP contribution in [-0.2, 0) is 0 Å². The first-order valence-electron chi connectivity index (χ1n) is 5.38. The van der Waals surface area contributed by atoms with Crippen molar-refractivity contribution < 1.29 is 4.74 Å². The van der Waals surface area contributed by atoms with Crippen LogP contribution in [0.25, 0.3) is 6.08 Å². The SMILES string of the molecule is CCCNCC=Cc1ccccc1OC.Cl. The molecule has 3 heteroatoms. The average Bonchev–Trinajstić information content (AvgIpc) is 2.29. The van der Waals surface area contributed by atoms with Crippen molar-refractivity contribution in [3.05, 3.63) is 35.9 Å². The molecule has 1 rings (SSSR count). The minimum Gasteiger partial charge on any atom is -0.496 e. The monoisotopic (exact) mass is 241 g/mol. The van der Waals surface area contributed by atoms with E-state index in [1.165, 1.54) is 6.42 Å². The Morgan fingerprint density at radius 1 is 1.31 bits per heavy atom. The molecule has 0 spiro atoms. The Morgan fingerprint density at radius 3 is 2.75 bits per heavy atom. The Bertz CT molecular complexity index is 313. The smallest absolute Gasteiger partial charge is 0.126 e. The molecule has 0 aliphatic heterocycles. The van der Waals surface area contributed by atoms with Gasteiger partial charge in [-0.15, -0.1) is 12.4 Å². The summed E-state index contributed by atoms with van der Waals surface area (Å²) in [6, 6.07) is 8.02. The largest absolute Gasteiger partial charge is 0.496 e. The average molecular weight is 242 g/mol. The summed E-state index contributed by atoms with van der Waals surface area (Å²) in [5.41, 5.74) is 1.12. The lowest BCUT2D eigenvalue weighted by Crippen LogP contribution is -2.13. The minimum atomic E-state index is 0. The van der Waals surface area contributed by atoms with E-state index >= 15 is 0 Å². The van der Waals surface area contributed by atoms with E-state index < -0.39 is 0 Å². The molecule has 0 aromatic heterocycles. The molecule has 0 saturated carbocycles. The Labute approximate surface area is 104 Å². The van der Waals surface area contributed by atoms with Gasteiger partial charge in [-0.2, -0.15) is 0 Å². The van der Waals surface area contributed by atoms with Crippen molar-refractivity contribution in [3.63, 3.8) is 0 Å². The summed E-state index contributed by atoms with van der Waals surface area (Å²) in [5.74, 6) is 0.921. The van der Waals surface area contributed by atoms with Gasteiger partial charge in [0.1, 0.15) is 5.75 Å². The Morgan fingerprint density at radius 2 is 2.06 bits per heavy atom. The van der Waals surface area contributed by atoms with Gasteiger partial charge >= 0.3 is 0 Å². The minimum absolute atomic E-state index is 0. The summed E-state index contributed by atoms with van der Waals surface area (Å²) >= 11 is 0. The first kappa shape index (κ1) is 15.0. The first-order chi connectivity index (χ1) is 7.38. The molecule has 0 unspecified atom stereocenters. The highest BCUT2D eigenvalue weighted by Gasteiger charge is 1.95. The third-order valence-corrected chi connectivity index (χ3v) is 2.13. The van der Waals surface area contributed by atoms with Gasteiger partial charge in [-0.05, 0) is 19.0 Å². The summed E-state index contributed by atoms with van der Waals surface area (Å²) in [4.78, 5) is 0. The zero-order valence-electron chi connectivity index (χ0n) is 9.90.